The Hall–Kier alpha value is -1.10. The molecule has 0 rings (SSSR count). The number of hydrogen-bond donors (Lipinski definition) is 2. The van der Waals surface area contributed by atoms with Gasteiger partial charge in [-0.15, -0.1) is 0 Å². The van der Waals surface area contributed by atoms with Gasteiger partial charge in [-0.1, -0.05) is 0 Å². The van der Waals surface area contributed by atoms with Crippen molar-refractivity contribution in [1.29, 1.82) is 0 Å². The van der Waals surface area contributed by atoms with Crippen LogP contribution in [0.3, 0.4) is 0 Å². The number of hydrogen-bond acceptors (Lipinski definition) is 4. The fraction of sp³-hybridized carbons (Fsp3) is 0.833. The van der Waals surface area contributed by atoms with Crippen LogP contribution >= 0.6 is 0 Å². The molecule has 5 nitrogen and oxygen atoms in total. The van der Waals surface area contributed by atoms with Crippen LogP contribution in [0.2, 0.25) is 0 Å². The average molecular weight is 246 g/mol. The molecule has 0 aromatic carbocycles. The molecule has 0 heterocycles. The molecule has 0 aliphatic carbocycles. The van der Waals surface area contributed by atoms with Gasteiger partial charge in [0.05, 0.1) is 5.41 Å². The van der Waals surface area contributed by atoms with E-state index in [0.29, 0.717) is 0 Å². The van der Waals surface area contributed by atoms with Crippen molar-refractivity contribution in [2.24, 2.45) is 5.41 Å². The van der Waals surface area contributed by atoms with Crippen LogP contribution in [0.4, 0.5) is 0 Å². The lowest BCUT2D eigenvalue weighted by atomic mass is 9.85. The average Bonchev–Trinajstić information content (AvgIpc) is 2.13. The lowest BCUT2D eigenvalue weighted by Crippen LogP contribution is -2.42. The Morgan fingerprint density at radius 3 is 2.24 bits per heavy atom. The Morgan fingerprint density at radius 1 is 1.35 bits per heavy atom. The molecule has 0 aromatic rings. The highest BCUT2D eigenvalue weighted by molar-refractivity contribution is 5.79. The molecule has 0 unspecified atom stereocenters. The third-order valence-electron chi connectivity index (χ3n) is 2.21. The zero-order chi connectivity index (χ0) is 14.6. The number of rotatable bonds is 5. The maximum atomic E-state index is 12.0. The van der Waals surface area contributed by atoms with Gasteiger partial charge < -0.3 is 15.2 Å². The van der Waals surface area contributed by atoms with Crippen molar-refractivity contribution in [1.82, 2.24) is 5.32 Å². The molecular formula is C12H23NO4. The summed E-state index contributed by atoms with van der Waals surface area (Å²) in [6.45, 7) is 8.57. The minimum absolute atomic E-state index is 0.0795. The highest BCUT2D eigenvalue weighted by atomic mass is 16.6. The molecule has 0 saturated carbocycles. The third kappa shape index (κ3) is 5.68. The van der Waals surface area contributed by atoms with Gasteiger partial charge in [0, 0.05) is 1.37 Å². The van der Waals surface area contributed by atoms with Crippen LogP contribution < -0.4 is 5.32 Å². The molecule has 5 heteroatoms. The molecule has 100 valence electrons. The Kier molecular flexibility index (Phi) is 4.51. The lowest BCUT2D eigenvalue weighted by Gasteiger charge is -2.30. The maximum Gasteiger partial charge on any atom is 0.320 e. The normalized spacial score (nSPS) is 15.0. The molecule has 2 N–H and O–H groups in total. The molecule has 0 spiro atoms. The van der Waals surface area contributed by atoms with Crippen molar-refractivity contribution >= 4 is 11.9 Å². The number of nitrogens with one attached hydrogen (secondary N) is 1. The Balaban J connectivity index is 4.71. The SMILES string of the molecule is [2H]CN[C@@H](CC(C)(C)C(=O)OC(C)(C)C)C(=O)O. The summed E-state index contributed by atoms with van der Waals surface area (Å²) >= 11 is 0. The molecule has 0 aliphatic rings. The number of carboxylic acids is 1. The summed E-state index contributed by atoms with van der Waals surface area (Å²) in [6, 6.07) is -0.926. The van der Waals surface area contributed by atoms with Crippen LogP contribution in [0, 0.1) is 5.41 Å². The monoisotopic (exact) mass is 246 g/mol. The predicted octanol–water partition coefficient (Wildman–Crippen LogP) is 1.42. The number of ether oxygens (including phenoxy) is 1. The van der Waals surface area contributed by atoms with E-state index < -0.39 is 29.0 Å². The van der Waals surface area contributed by atoms with Crippen molar-refractivity contribution in [3.8, 4) is 0 Å². The number of carbonyl (C=O) groups excluding carboxylic acids is 1. The molecule has 1 atom stereocenters. The number of carbonyl (C=O) groups is 2. The zero-order valence-electron chi connectivity index (χ0n) is 12.2. The van der Waals surface area contributed by atoms with E-state index in [9.17, 15) is 9.59 Å². The van der Waals surface area contributed by atoms with Gasteiger partial charge in [-0.2, -0.15) is 0 Å². The van der Waals surface area contributed by atoms with Crippen molar-refractivity contribution in [3.05, 3.63) is 0 Å². The van der Waals surface area contributed by atoms with E-state index in [-0.39, 0.29) is 13.4 Å². The van der Waals surface area contributed by atoms with Crippen LogP contribution in [0.5, 0.6) is 0 Å². The highest BCUT2D eigenvalue weighted by Gasteiger charge is 2.36. The third-order valence-corrected chi connectivity index (χ3v) is 2.21. The Morgan fingerprint density at radius 2 is 1.88 bits per heavy atom. The number of likely N-dealkylation sites (N-methyl/N-ethyl adjacent to an activating group) is 1. The topological polar surface area (TPSA) is 75.6 Å². The second-order valence-corrected chi connectivity index (χ2v) is 5.68. The van der Waals surface area contributed by atoms with Crippen LogP contribution in [-0.4, -0.2) is 35.7 Å². The molecule has 17 heavy (non-hydrogen) atoms. The van der Waals surface area contributed by atoms with Crippen LogP contribution in [0.1, 0.15) is 42.4 Å². The van der Waals surface area contributed by atoms with Gasteiger partial charge in [-0.3, -0.25) is 9.59 Å². The van der Waals surface area contributed by atoms with Crippen molar-refractivity contribution in [2.45, 2.75) is 52.7 Å². The van der Waals surface area contributed by atoms with Crippen molar-refractivity contribution in [3.63, 3.8) is 0 Å². The largest absolute Gasteiger partial charge is 0.480 e. The van der Waals surface area contributed by atoms with Gasteiger partial charge >= 0.3 is 11.9 Å². The van der Waals surface area contributed by atoms with E-state index >= 15 is 0 Å². The number of aliphatic carboxylic acids is 1. The smallest absolute Gasteiger partial charge is 0.320 e. The Bertz CT molecular complexity index is 310. The van der Waals surface area contributed by atoms with Crippen molar-refractivity contribution in [2.75, 3.05) is 7.02 Å². The second kappa shape index (κ2) is 5.49. The minimum Gasteiger partial charge on any atom is -0.480 e. The highest BCUT2D eigenvalue weighted by Crippen LogP contribution is 2.26. The van der Waals surface area contributed by atoms with Gasteiger partial charge in [0.25, 0.3) is 0 Å². The fourth-order valence-corrected chi connectivity index (χ4v) is 1.26. The van der Waals surface area contributed by atoms with E-state index in [1.807, 2.05) is 0 Å². The van der Waals surface area contributed by atoms with E-state index in [1.54, 1.807) is 34.6 Å². The molecule has 0 aliphatic heterocycles. The summed E-state index contributed by atoms with van der Waals surface area (Å²) in [6.07, 6.45) is 0.0795. The quantitative estimate of drug-likeness (QED) is 0.717. The van der Waals surface area contributed by atoms with Crippen molar-refractivity contribution < 1.29 is 20.8 Å². The number of esters is 1. The maximum absolute atomic E-state index is 12.0. The van der Waals surface area contributed by atoms with E-state index in [1.165, 1.54) is 0 Å². The summed E-state index contributed by atoms with van der Waals surface area (Å²) in [5.74, 6) is -1.51. The molecule has 0 amide bonds. The second-order valence-electron chi connectivity index (χ2n) is 5.68. The van der Waals surface area contributed by atoms with Crippen LogP contribution in [-0.2, 0) is 14.3 Å². The van der Waals surface area contributed by atoms with Gasteiger partial charge in [-0.05, 0) is 48.1 Å². The first-order valence-corrected chi connectivity index (χ1v) is 5.48. The van der Waals surface area contributed by atoms with Crippen LogP contribution in [0.15, 0.2) is 0 Å². The van der Waals surface area contributed by atoms with Gasteiger partial charge in [-0.25, -0.2) is 0 Å². The first-order chi connectivity index (χ1) is 7.99. The first kappa shape index (κ1) is 14.0. The molecular weight excluding hydrogens is 222 g/mol. The molecule has 0 aromatic heterocycles. The fourth-order valence-electron chi connectivity index (χ4n) is 1.26. The number of carboxylic acid groups (broad SMARTS) is 1. The van der Waals surface area contributed by atoms with E-state index in [4.69, 9.17) is 11.2 Å². The van der Waals surface area contributed by atoms with Gasteiger partial charge in [0.15, 0.2) is 0 Å². The molecule has 0 radical (unpaired) electrons. The summed E-state index contributed by atoms with van der Waals surface area (Å²) in [5.41, 5.74) is -1.52. The molecule has 0 bridgehead atoms. The van der Waals surface area contributed by atoms with Gasteiger partial charge in [0.2, 0.25) is 0 Å². The lowest BCUT2D eigenvalue weighted by molar-refractivity contribution is -0.166. The minimum atomic E-state index is -1.07. The zero-order valence-corrected chi connectivity index (χ0v) is 11.2. The van der Waals surface area contributed by atoms with Gasteiger partial charge in [0.1, 0.15) is 11.6 Å². The summed E-state index contributed by atoms with van der Waals surface area (Å²) in [4.78, 5) is 22.9. The summed E-state index contributed by atoms with van der Waals surface area (Å²) in [7, 11) is -0.207. The predicted molar refractivity (Wildman–Crippen MR) is 64.7 cm³/mol. The summed E-state index contributed by atoms with van der Waals surface area (Å²) < 4.78 is 12.2. The Labute approximate surface area is 104 Å². The summed E-state index contributed by atoms with van der Waals surface area (Å²) in [5, 5.41) is 11.5. The molecule has 0 saturated heterocycles. The van der Waals surface area contributed by atoms with Crippen LogP contribution in [0.25, 0.3) is 0 Å². The van der Waals surface area contributed by atoms with E-state index in [0.717, 1.165) is 0 Å². The molecule has 0 fully saturated rings. The standard InChI is InChI=1S/C12H23NO4/c1-11(2,3)17-10(16)12(4,5)7-8(13-6)9(14)15/h8,13H,7H2,1-6H3,(H,14,15)/t8-/m0/s1/i6D. The van der Waals surface area contributed by atoms with E-state index in [2.05, 4.69) is 5.32 Å². The first-order valence-electron chi connectivity index (χ1n) is 6.19.